The third-order valence-corrected chi connectivity index (χ3v) is 4.16. The van der Waals surface area contributed by atoms with Crippen molar-refractivity contribution in [2.45, 2.75) is 6.04 Å². The van der Waals surface area contributed by atoms with Crippen LogP contribution in [0.15, 0.2) is 60.9 Å². The van der Waals surface area contributed by atoms with Gasteiger partial charge in [0.1, 0.15) is 5.75 Å². The molecule has 5 nitrogen and oxygen atoms in total. The number of pyridine rings is 1. The number of nitrogens with two attached hydrogens (primary N) is 1. The summed E-state index contributed by atoms with van der Waals surface area (Å²) in [6.45, 7) is 0.415. The molecule has 0 saturated heterocycles. The highest BCUT2D eigenvalue weighted by Crippen LogP contribution is 2.20. The Balaban J connectivity index is 1.70. The number of nitrogens with one attached hydrogen (secondary N) is 2. The van der Waals surface area contributed by atoms with Crippen LogP contribution in [0.2, 0.25) is 0 Å². The van der Waals surface area contributed by atoms with E-state index in [9.17, 15) is 0 Å². The van der Waals surface area contributed by atoms with Crippen LogP contribution in [-0.4, -0.2) is 23.8 Å². The smallest absolute Gasteiger partial charge is 0.171 e. The SMILES string of the molecule is COc1cccc(C(CN)NC(=S)Nc2ccc3cnccc3c2)c1. The lowest BCUT2D eigenvalue weighted by Gasteiger charge is -2.20. The molecule has 0 aliphatic carbocycles. The topological polar surface area (TPSA) is 72.2 Å². The van der Waals surface area contributed by atoms with Crippen LogP contribution >= 0.6 is 12.2 Å². The lowest BCUT2D eigenvalue weighted by atomic mass is 10.1. The van der Waals surface area contributed by atoms with E-state index in [0.29, 0.717) is 11.7 Å². The maximum Gasteiger partial charge on any atom is 0.171 e. The van der Waals surface area contributed by atoms with E-state index in [1.54, 1.807) is 13.3 Å². The van der Waals surface area contributed by atoms with Gasteiger partial charge in [-0.05, 0) is 53.5 Å². The third-order valence-electron chi connectivity index (χ3n) is 3.94. The van der Waals surface area contributed by atoms with E-state index in [1.807, 2.05) is 54.7 Å². The van der Waals surface area contributed by atoms with Crippen LogP contribution in [0.5, 0.6) is 5.75 Å². The number of nitrogens with zero attached hydrogens (tertiary/aromatic N) is 1. The van der Waals surface area contributed by atoms with E-state index in [2.05, 4.69) is 15.6 Å². The number of anilines is 1. The molecule has 0 fully saturated rings. The number of hydrogen-bond donors (Lipinski definition) is 3. The maximum atomic E-state index is 5.91. The van der Waals surface area contributed by atoms with Gasteiger partial charge in [0.15, 0.2) is 5.11 Å². The molecule has 0 spiro atoms. The van der Waals surface area contributed by atoms with Gasteiger partial charge in [0.05, 0.1) is 13.2 Å². The molecule has 1 aromatic heterocycles. The Bertz CT molecular complexity index is 884. The van der Waals surface area contributed by atoms with Crippen LogP contribution in [0.25, 0.3) is 10.8 Å². The summed E-state index contributed by atoms with van der Waals surface area (Å²) in [7, 11) is 1.64. The van der Waals surface area contributed by atoms with Crippen molar-refractivity contribution in [1.82, 2.24) is 10.3 Å². The number of benzene rings is 2. The molecule has 128 valence electrons. The minimum absolute atomic E-state index is 0.0974. The minimum atomic E-state index is -0.0974. The summed E-state index contributed by atoms with van der Waals surface area (Å²) < 4.78 is 5.27. The number of hydrogen-bond acceptors (Lipinski definition) is 4. The van der Waals surface area contributed by atoms with E-state index >= 15 is 0 Å². The molecular weight excluding hydrogens is 332 g/mol. The molecule has 1 unspecified atom stereocenters. The van der Waals surface area contributed by atoms with Crippen molar-refractivity contribution in [3.05, 3.63) is 66.5 Å². The van der Waals surface area contributed by atoms with Crippen molar-refractivity contribution in [2.75, 3.05) is 19.0 Å². The van der Waals surface area contributed by atoms with E-state index in [-0.39, 0.29) is 6.04 Å². The third kappa shape index (κ3) is 4.23. The van der Waals surface area contributed by atoms with Gasteiger partial charge in [-0.1, -0.05) is 18.2 Å². The zero-order valence-electron chi connectivity index (χ0n) is 13.9. The Kier molecular flexibility index (Phi) is 5.42. The van der Waals surface area contributed by atoms with Gasteiger partial charge in [-0.3, -0.25) is 4.98 Å². The molecule has 0 amide bonds. The van der Waals surface area contributed by atoms with Crippen LogP contribution < -0.4 is 21.1 Å². The first-order valence-electron chi connectivity index (χ1n) is 7.95. The first kappa shape index (κ1) is 17.1. The molecule has 4 N–H and O–H groups in total. The lowest BCUT2D eigenvalue weighted by Crippen LogP contribution is -2.36. The first-order valence-corrected chi connectivity index (χ1v) is 8.36. The fourth-order valence-electron chi connectivity index (χ4n) is 2.62. The number of aromatic nitrogens is 1. The standard InChI is InChI=1S/C19H20N4OS/c1-24-17-4-2-3-14(10-17)18(11-20)23-19(25)22-16-6-5-15-12-21-8-7-13(15)9-16/h2-10,12,18H,11,20H2,1H3,(H2,22,23,25). The Morgan fingerprint density at radius 1 is 1.20 bits per heavy atom. The summed E-state index contributed by atoms with van der Waals surface area (Å²) >= 11 is 5.44. The van der Waals surface area contributed by atoms with Crippen LogP contribution in [0.1, 0.15) is 11.6 Å². The van der Waals surface area contributed by atoms with Crippen molar-refractivity contribution >= 4 is 33.8 Å². The van der Waals surface area contributed by atoms with E-state index in [4.69, 9.17) is 22.7 Å². The number of ether oxygens (including phenoxy) is 1. The van der Waals surface area contributed by atoms with Crippen LogP contribution in [0.4, 0.5) is 5.69 Å². The molecule has 0 bridgehead atoms. The Labute approximate surface area is 152 Å². The van der Waals surface area contributed by atoms with Gasteiger partial charge in [-0.25, -0.2) is 0 Å². The monoisotopic (exact) mass is 352 g/mol. The van der Waals surface area contributed by atoms with Crippen LogP contribution in [-0.2, 0) is 0 Å². The molecule has 25 heavy (non-hydrogen) atoms. The number of methoxy groups -OCH3 is 1. The fourth-order valence-corrected chi connectivity index (χ4v) is 2.88. The molecular formula is C19H20N4OS. The summed E-state index contributed by atoms with van der Waals surface area (Å²) in [5, 5.41) is 9.18. The Morgan fingerprint density at radius 2 is 2.08 bits per heavy atom. The predicted octanol–water partition coefficient (Wildman–Crippen LogP) is 3.23. The Hall–Kier alpha value is -2.70. The van der Waals surface area contributed by atoms with Crippen molar-refractivity contribution in [2.24, 2.45) is 5.73 Å². The summed E-state index contributed by atoms with van der Waals surface area (Å²) in [6.07, 6.45) is 3.61. The van der Waals surface area contributed by atoms with Gasteiger partial charge in [-0.15, -0.1) is 0 Å². The van der Waals surface area contributed by atoms with Gasteiger partial charge in [0.25, 0.3) is 0 Å². The quantitative estimate of drug-likeness (QED) is 0.612. The van der Waals surface area contributed by atoms with Gasteiger partial charge in [0, 0.05) is 30.0 Å². The number of rotatable bonds is 5. The molecule has 1 heterocycles. The number of thiocarbonyl (C=S) groups is 1. The lowest BCUT2D eigenvalue weighted by molar-refractivity contribution is 0.413. The first-order chi connectivity index (χ1) is 12.2. The number of fused-ring (bicyclic) bond motifs is 1. The fraction of sp³-hybridized carbons (Fsp3) is 0.158. The molecule has 3 aromatic rings. The maximum absolute atomic E-state index is 5.91. The average Bonchev–Trinajstić information content (AvgIpc) is 2.66. The summed E-state index contributed by atoms with van der Waals surface area (Å²) in [4.78, 5) is 4.12. The zero-order valence-corrected chi connectivity index (χ0v) is 14.7. The second kappa shape index (κ2) is 7.92. The van der Waals surface area contributed by atoms with Crippen molar-refractivity contribution < 1.29 is 4.74 Å². The molecule has 1 atom stereocenters. The van der Waals surface area contributed by atoms with E-state index in [0.717, 1.165) is 27.8 Å². The van der Waals surface area contributed by atoms with E-state index in [1.165, 1.54) is 0 Å². The second-order valence-electron chi connectivity index (χ2n) is 5.60. The van der Waals surface area contributed by atoms with Gasteiger partial charge >= 0.3 is 0 Å². The second-order valence-corrected chi connectivity index (χ2v) is 6.01. The van der Waals surface area contributed by atoms with Crippen LogP contribution in [0.3, 0.4) is 0 Å². The van der Waals surface area contributed by atoms with Gasteiger partial charge < -0.3 is 21.1 Å². The van der Waals surface area contributed by atoms with E-state index < -0.39 is 0 Å². The van der Waals surface area contributed by atoms with Gasteiger partial charge in [0.2, 0.25) is 0 Å². The highest BCUT2D eigenvalue weighted by molar-refractivity contribution is 7.80. The zero-order chi connectivity index (χ0) is 17.6. The molecule has 0 saturated carbocycles. The normalized spacial score (nSPS) is 11.8. The van der Waals surface area contributed by atoms with Gasteiger partial charge in [-0.2, -0.15) is 0 Å². The summed E-state index contributed by atoms with van der Waals surface area (Å²) in [6, 6.07) is 15.7. The van der Waals surface area contributed by atoms with Crippen molar-refractivity contribution in [3.8, 4) is 5.75 Å². The summed E-state index contributed by atoms with van der Waals surface area (Å²) in [5.41, 5.74) is 7.85. The summed E-state index contributed by atoms with van der Waals surface area (Å²) in [5.74, 6) is 0.791. The molecule has 0 radical (unpaired) electrons. The molecule has 0 aliphatic rings. The van der Waals surface area contributed by atoms with Crippen molar-refractivity contribution in [1.29, 1.82) is 0 Å². The molecule has 6 heteroatoms. The molecule has 3 rings (SSSR count). The molecule has 0 aliphatic heterocycles. The molecule has 2 aromatic carbocycles. The highest BCUT2D eigenvalue weighted by Gasteiger charge is 2.12. The van der Waals surface area contributed by atoms with Crippen molar-refractivity contribution in [3.63, 3.8) is 0 Å². The Morgan fingerprint density at radius 3 is 2.88 bits per heavy atom. The highest BCUT2D eigenvalue weighted by atomic mass is 32.1. The average molecular weight is 352 g/mol. The predicted molar refractivity (Wildman–Crippen MR) is 106 cm³/mol. The van der Waals surface area contributed by atoms with Crippen LogP contribution in [0, 0.1) is 0 Å². The largest absolute Gasteiger partial charge is 0.497 e. The minimum Gasteiger partial charge on any atom is -0.497 e.